The van der Waals surface area contributed by atoms with Crippen LogP contribution in [0.25, 0.3) is 6.08 Å². The average molecular weight is 475 g/mol. The van der Waals surface area contributed by atoms with Gasteiger partial charge in [-0.2, -0.15) is 26.3 Å². The molecule has 172 valence electrons. The molecule has 0 atom stereocenters. The van der Waals surface area contributed by atoms with Crippen molar-refractivity contribution < 1.29 is 26.3 Å². The number of hydrogen-bond acceptors (Lipinski definition) is 4. The Bertz CT molecular complexity index is 1200. The number of allylic oxidation sites excluding steroid dienone is 1. The van der Waals surface area contributed by atoms with Gasteiger partial charge in [-0.3, -0.25) is 14.3 Å². The van der Waals surface area contributed by atoms with Crippen LogP contribution in [0.2, 0.25) is 0 Å². The van der Waals surface area contributed by atoms with Gasteiger partial charge in [-0.1, -0.05) is 23.5 Å². The highest BCUT2D eigenvalue weighted by Gasteiger charge is 2.38. The van der Waals surface area contributed by atoms with E-state index >= 15 is 0 Å². The number of alkyl halides is 6. The number of aromatic nitrogens is 1. The average Bonchev–Trinajstić information content (AvgIpc) is 3.04. The molecule has 0 unspecified atom stereocenters. The Morgan fingerprint density at radius 2 is 1.81 bits per heavy atom. The molecule has 0 amide bonds. The Hall–Kier alpha value is -2.40. The Morgan fingerprint density at radius 1 is 1.09 bits per heavy atom. The largest absolute Gasteiger partial charge is 0.416 e. The van der Waals surface area contributed by atoms with E-state index in [0.717, 1.165) is 21.9 Å². The van der Waals surface area contributed by atoms with Gasteiger partial charge in [-0.25, -0.2) is 4.99 Å². The molecule has 0 spiro atoms. The van der Waals surface area contributed by atoms with Gasteiger partial charge in [-0.15, -0.1) is 0 Å². The molecule has 1 fully saturated rings. The van der Waals surface area contributed by atoms with Crippen molar-refractivity contribution in [1.29, 1.82) is 0 Å². The summed E-state index contributed by atoms with van der Waals surface area (Å²) in [5.41, 5.74) is -2.10. The third-order valence-electron chi connectivity index (χ3n) is 5.64. The monoisotopic (exact) mass is 475 g/mol. The molecule has 2 aliphatic heterocycles. The zero-order chi connectivity index (χ0) is 23.1. The van der Waals surface area contributed by atoms with Crippen molar-refractivity contribution in [2.24, 2.45) is 10.9 Å². The highest BCUT2D eigenvalue weighted by atomic mass is 32.1. The van der Waals surface area contributed by atoms with Crippen LogP contribution < -0.4 is 14.9 Å². The van der Waals surface area contributed by atoms with E-state index in [4.69, 9.17) is 0 Å². The second-order valence-electron chi connectivity index (χ2n) is 7.83. The summed E-state index contributed by atoms with van der Waals surface area (Å²) >= 11 is 1.12. The smallest absolute Gasteiger partial charge is 0.299 e. The van der Waals surface area contributed by atoms with Crippen LogP contribution in [-0.2, 0) is 25.4 Å². The number of hydrogen-bond donors (Lipinski definition) is 0. The first kappa shape index (κ1) is 22.8. The Labute approximate surface area is 182 Å². The lowest BCUT2D eigenvalue weighted by Crippen LogP contribution is -2.36. The lowest BCUT2D eigenvalue weighted by Gasteiger charge is -2.31. The summed E-state index contributed by atoms with van der Waals surface area (Å²) < 4.78 is 81.1. The van der Waals surface area contributed by atoms with Crippen LogP contribution in [0.1, 0.15) is 29.5 Å². The quantitative estimate of drug-likeness (QED) is 0.634. The molecule has 2 aliphatic rings. The van der Waals surface area contributed by atoms with Crippen LogP contribution in [0, 0.1) is 5.92 Å². The molecule has 1 aromatic carbocycles. The van der Waals surface area contributed by atoms with Crippen LogP contribution in [0.5, 0.6) is 0 Å². The lowest BCUT2D eigenvalue weighted by molar-refractivity contribution is -0.143. The Balaban J connectivity index is 1.49. The summed E-state index contributed by atoms with van der Waals surface area (Å²) in [5, 5.41) is 0. The molecule has 3 heterocycles. The summed E-state index contributed by atoms with van der Waals surface area (Å²) in [6.07, 6.45) is -2.92. The summed E-state index contributed by atoms with van der Waals surface area (Å²) in [6.45, 7) is 1.41. The number of fused-ring (bicyclic) bond motifs is 1. The van der Waals surface area contributed by atoms with E-state index in [1.165, 1.54) is 0 Å². The second-order valence-corrected chi connectivity index (χ2v) is 8.82. The predicted molar refractivity (Wildman–Crippen MR) is 107 cm³/mol. The third-order valence-corrected chi connectivity index (χ3v) is 6.57. The normalized spacial score (nSPS) is 18.6. The van der Waals surface area contributed by atoms with Crippen LogP contribution in [0.4, 0.5) is 26.3 Å². The fourth-order valence-electron chi connectivity index (χ4n) is 3.98. The molecular weight excluding hydrogens is 456 g/mol. The Kier molecular flexibility index (Phi) is 6.06. The maximum Gasteiger partial charge on any atom is 0.416 e. The summed E-state index contributed by atoms with van der Waals surface area (Å²) in [5.74, 6) is 0.143. The molecular formula is C21H19F6N3OS. The summed E-state index contributed by atoms with van der Waals surface area (Å²) in [4.78, 5) is 18.1. The van der Waals surface area contributed by atoms with E-state index in [2.05, 4.69) is 4.99 Å². The standard InChI is InChI=1S/C21H19F6N3OS/c22-20(23,24)15-3-2-14(16(11-15)21(25,26)27)12-29-8-4-13(5-9-29)10-17-18-28-6-1-7-30(18)19(31)32-17/h1-3,6,10-11,13H,4-5,7-9,12H2. The molecule has 2 aromatic rings. The molecule has 4 nitrogen and oxygen atoms in total. The van der Waals surface area contributed by atoms with Gasteiger partial charge in [0.25, 0.3) is 0 Å². The van der Waals surface area contributed by atoms with Crippen molar-refractivity contribution in [1.82, 2.24) is 9.47 Å². The van der Waals surface area contributed by atoms with Gasteiger partial charge in [0.1, 0.15) is 0 Å². The van der Waals surface area contributed by atoms with Crippen molar-refractivity contribution in [3.8, 4) is 0 Å². The van der Waals surface area contributed by atoms with Gasteiger partial charge in [0, 0.05) is 19.3 Å². The number of halogens is 6. The minimum Gasteiger partial charge on any atom is -0.299 e. The molecule has 0 N–H and O–H groups in total. The lowest BCUT2D eigenvalue weighted by atomic mass is 9.95. The summed E-state index contributed by atoms with van der Waals surface area (Å²) in [7, 11) is 0. The predicted octanol–water partition coefficient (Wildman–Crippen LogP) is 3.79. The highest BCUT2D eigenvalue weighted by molar-refractivity contribution is 7.07. The van der Waals surface area contributed by atoms with Crippen molar-refractivity contribution >= 4 is 17.4 Å². The molecule has 0 radical (unpaired) electrons. The first-order valence-electron chi connectivity index (χ1n) is 9.96. The number of piperidine rings is 1. The number of thiazole rings is 1. The second kappa shape index (κ2) is 8.51. The van der Waals surface area contributed by atoms with Gasteiger partial charge in [0.15, 0.2) is 5.49 Å². The van der Waals surface area contributed by atoms with Crippen LogP contribution in [0.15, 0.2) is 40.3 Å². The first-order valence-corrected chi connectivity index (χ1v) is 10.8. The highest BCUT2D eigenvalue weighted by Crippen LogP contribution is 2.38. The van der Waals surface area contributed by atoms with E-state index in [0.29, 0.717) is 44.0 Å². The van der Waals surface area contributed by atoms with Gasteiger partial charge in [0.05, 0.1) is 15.7 Å². The van der Waals surface area contributed by atoms with Crippen molar-refractivity contribution in [3.63, 3.8) is 0 Å². The van der Waals surface area contributed by atoms with Gasteiger partial charge < -0.3 is 0 Å². The fourth-order valence-corrected chi connectivity index (χ4v) is 4.95. The first-order chi connectivity index (χ1) is 15.0. The SMILES string of the molecule is O=c1sc(=CC2CCN(Cc3ccc(C(F)(F)F)cc3C(F)(F)F)CC2)c2n1CC=CN=2. The van der Waals surface area contributed by atoms with Gasteiger partial charge >= 0.3 is 17.2 Å². The third kappa shape index (κ3) is 4.83. The van der Waals surface area contributed by atoms with E-state index in [1.54, 1.807) is 16.8 Å². The van der Waals surface area contributed by atoms with E-state index in [9.17, 15) is 31.1 Å². The van der Waals surface area contributed by atoms with Crippen LogP contribution in [0.3, 0.4) is 0 Å². The summed E-state index contributed by atoms with van der Waals surface area (Å²) in [6, 6.07) is 1.80. The maximum absolute atomic E-state index is 13.4. The molecule has 1 saturated heterocycles. The molecule has 1 aromatic heterocycles. The number of benzene rings is 1. The van der Waals surface area contributed by atoms with E-state index in [-0.39, 0.29) is 29.0 Å². The molecule has 32 heavy (non-hydrogen) atoms. The number of nitrogens with zero attached hydrogens (tertiary/aromatic N) is 3. The van der Waals surface area contributed by atoms with E-state index < -0.39 is 23.5 Å². The van der Waals surface area contributed by atoms with Crippen molar-refractivity contribution in [2.75, 3.05) is 13.1 Å². The van der Waals surface area contributed by atoms with E-state index in [1.807, 2.05) is 11.0 Å². The topological polar surface area (TPSA) is 37.6 Å². The zero-order valence-corrected chi connectivity index (χ0v) is 17.5. The minimum atomic E-state index is -4.87. The molecule has 4 rings (SSSR count). The zero-order valence-electron chi connectivity index (χ0n) is 16.7. The molecule has 0 saturated carbocycles. The van der Waals surface area contributed by atoms with Crippen LogP contribution in [-0.4, -0.2) is 22.6 Å². The Morgan fingerprint density at radius 3 is 2.47 bits per heavy atom. The van der Waals surface area contributed by atoms with Crippen molar-refractivity contribution in [2.45, 2.75) is 38.3 Å². The number of likely N-dealkylation sites (tertiary alicyclic amines) is 1. The van der Waals surface area contributed by atoms with Crippen molar-refractivity contribution in [3.05, 3.63) is 66.9 Å². The number of rotatable bonds is 3. The van der Waals surface area contributed by atoms with Gasteiger partial charge in [-0.05, 0) is 55.6 Å². The van der Waals surface area contributed by atoms with Gasteiger partial charge in [0.2, 0.25) is 0 Å². The molecule has 11 heteroatoms. The van der Waals surface area contributed by atoms with Crippen LogP contribution >= 0.6 is 11.3 Å². The molecule has 0 bridgehead atoms. The molecule has 0 aliphatic carbocycles. The minimum absolute atomic E-state index is 0.0746. The fraction of sp³-hybridized carbons (Fsp3) is 0.429. The maximum atomic E-state index is 13.4.